The molecule has 1 saturated heterocycles. The number of Topliss-reactive ketones (excluding diaryl/α,β-unsaturated/α-hetero) is 1. The Bertz CT molecular complexity index is 896. The number of rotatable bonds is 1. The number of benzene rings is 1. The maximum absolute atomic E-state index is 13.4. The van der Waals surface area contributed by atoms with E-state index in [4.69, 9.17) is 4.74 Å². The molecule has 1 aromatic carbocycles. The zero-order valence-electron chi connectivity index (χ0n) is 15.7. The summed E-state index contributed by atoms with van der Waals surface area (Å²) in [7, 11) is -1.79. The zero-order chi connectivity index (χ0) is 21.5. The van der Waals surface area contributed by atoms with Gasteiger partial charge in [-0.05, 0) is 37.8 Å². The molecule has 4 N–H and O–H groups in total. The number of cyclic esters (lactones) is 1. The van der Waals surface area contributed by atoms with E-state index >= 15 is 0 Å². The number of carboxylic acid groups (broad SMARTS) is 1. The predicted octanol–water partition coefficient (Wildman–Crippen LogP) is 0.501. The Morgan fingerprint density at radius 3 is 2.59 bits per heavy atom. The van der Waals surface area contributed by atoms with Gasteiger partial charge in [0.15, 0.2) is 11.4 Å². The molecular weight excluding hydrogens is 404 g/mol. The number of ether oxygens (including phenoxy) is 1. The number of aliphatic hydroxyl groups is 1. The summed E-state index contributed by atoms with van der Waals surface area (Å²) in [6.07, 6.45) is 0.0650. The first-order valence-corrected chi connectivity index (χ1v) is 10.5. The summed E-state index contributed by atoms with van der Waals surface area (Å²) in [4.78, 5) is 37.4. The summed E-state index contributed by atoms with van der Waals surface area (Å²) >= 11 is 0. The number of fused-ring (bicyclic) bond motifs is 2. The fourth-order valence-electron chi connectivity index (χ4n) is 4.09. The SMILES string of the molecule is CC1CCCC2C(C(=O)c3c(O)cc(O)cc3CC(=O)O1)C(O)(C(=O)O)CS2=O. The second-order valence-corrected chi connectivity index (χ2v) is 9.20. The zero-order valence-corrected chi connectivity index (χ0v) is 16.5. The number of carbonyl (C=O) groups excluding carboxylic acids is 2. The van der Waals surface area contributed by atoms with Gasteiger partial charge in [0.25, 0.3) is 0 Å². The van der Waals surface area contributed by atoms with Gasteiger partial charge in [0, 0.05) is 22.1 Å². The molecule has 2 aliphatic rings. The Labute approximate surface area is 168 Å². The van der Waals surface area contributed by atoms with Crippen molar-refractivity contribution in [2.45, 2.75) is 49.6 Å². The third kappa shape index (κ3) is 3.86. The summed E-state index contributed by atoms with van der Waals surface area (Å²) in [6.45, 7) is 1.67. The molecule has 9 nitrogen and oxygen atoms in total. The van der Waals surface area contributed by atoms with Gasteiger partial charge in [0.05, 0.1) is 29.8 Å². The molecule has 0 radical (unpaired) electrons. The minimum Gasteiger partial charge on any atom is -0.508 e. The van der Waals surface area contributed by atoms with Gasteiger partial charge in [-0.25, -0.2) is 4.79 Å². The van der Waals surface area contributed by atoms with Crippen molar-refractivity contribution in [3.8, 4) is 11.5 Å². The quantitative estimate of drug-likeness (QED) is 0.469. The van der Waals surface area contributed by atoms with E-state index in [1.807, 2.05) is 0 Å². The van der Waals surface area contributed by atoms with Crippen LogP contribution in [0.5, 0.6) is 11.5 Å². The van der Waals surface area contributed by atoms with E-state index in [0.717, 1.165) is 12.1 Å². The van der Waals surface area contributed by atoms with Gasteiger partial charge in [-0.2, -0.15) is 0 Å². The molecule has 0 aliphatic carbocycles. The van der Waals surface area contributed by atoms with E-state index in [9.17, 15) is 39.0 Å². The van der Waals surface area contributed by atoms with Crippen molar-refractivity contribution in [1.82, 2.24) is 0 Å². The Hall–Kier alpha value is -2.46. The Morgan fingerprint density at radius 1 is 1.24 bits per heavy atom. The molecule has 0 spiro atoms. The molecule has 5 unspecified atom stereocenters. The third-order valence-electron chi connectivity index (χ3n) is 5.44. The molecule has 0 saturated carbocycles. The van der Waals surface area contributed by atoms with E-state index in [-0.39, 0.29) is 17.5 Å². The van der Waals surface area contributed by atoms with Crippen molar-refractivity contribution >= 4 is 28.5 Å². The molecule has 0 aromatic heterocycles. The molecule has 0 bridgehead atoms. The fraction of sp³-hybridized carbons (Fsp3) is 0.526. The molecule has 2 heterocycles. The van der Waals surface area contributed by atoms with Gasteiger partial charge in [0.1, 0.15) is 11.5 Å². The first-order valence-electron chi connectivity index (χ1n) is 9.16. The van der Waals surface area contributed by atoms with Crippen LogP contribution in [0.3, 0.4) is 0 Å². The molecule has 0 amide bonds. The number of phenolic OH excluding ortho intramolecular Hbond substituents is 2. The van der Waals surface area contributed by atoms with Crippen LogP contribution in [0.15, 0.2) is 12.1 Å². The van der Waals surface area contributed by atoms with Crippen LogP contribution in [0.1, 0.15) is 42.1 Å². The number of aliphatic carboxylic acids is 1. The van der Waals surface area contributed by atoms with Crippen LogP contribution in [0.4, 0.5) is 0 Å². The molecule has 2 aliphatic heterocycles. The third-order valence-corrected chi connectivity index (χ3v) is 7.34. The van der Waals surface area contributed by atoms with Crippen molar-refractivity contribution in [2.75, 3.05) is 5.75 Å². The Kier molecular flexibility index (Phi) is 5.68. The molecule has 5 atom stereocenters. The van der Waals surface area contributed by atoms with Gasteiger partial charge in [-0.3, -0.25) is 13.8 Å². The topological polar surface area (TPSA) is 158 Å². The normalized spacial score (nSPS) is 33.0. The predicted molar refractivity (Wildman–Crippen MR) is 100 cm³/mol. The van der Waals surface area contributed by atoms with Crippen LogP contribution in [0, 0.1) is 5.92 Å². The van der Waals surface area contributed by atoms with Gasteiger partial charge in [-0.1, -0.05) is 0 Å². The van der Waals surface area contributed by atoms with E-state index in [2.05, 4.69) is 0 Å². The summed E-state index contributed by atoms with van der Waals surface area (Å²) < 4.78 is 17.9. The van der Waals surface area contributed by atoms with Gasteiger partial charge < -0.3 is 25.2 Å². The van der Waals surface area contributed by atoms with Crippen LogP contribution in [-0.2, 0) is 31.5 Å². The number of carbonyl (C=O) groups is 3. The number of ketones is 1. The molecule has 10 heteroatoms. The minimum absolute atomic E-state index is 0.0607. The van der Waals surface area contributed by atoms with Crippen LogP contribution in [0.25, 0.3) is 0 Å². The van der Waals surface area contributed by atoms with E-state index in [0.29, 0.717) is 12.8 Å². The van der Waals surface area contributed by atoms with E-state index in [1.54, 1.807) is 6.92 Å². The number of hydrogen-bond acceptors (Lipinski definition) is 8. The van der Waals surface area contributed by atoms with Gasteiger partial charge >= 0.3 is 11.9 Å². The molecule has 1 fully saturated rings. The molecule has 158 valence electrons. The first-order chi connectivity index (χ1) is 13.5. The second-order valence-electron chi connectivity index (χ2n) is 7.54. The Morgan fingerprint density at radius 2 is 1.93 bits per heavy atom. The number of aromatic hydroxyl groups is 2. The lowest BCUT2D eigenvalue weighted by atomic mass is 9.78. The molecule has 1 aromatic rings. The molecule has 29 heavy (non-hydrogen) atoms. The Balaban J connectivity index is 2.19. The highest BCUT2D eigenvalue weighted by atomic mass is 32.2. The maximum atomic E-state index is 13.4. The van der Waals surface area contributed by atoms with Crippen LogP contribution >= 0.6 is 0 Å². The lowest BCUT2D eigenvalue weighted by Gasteiger charge is -2.28. The maximum Gasteiger partial charge on any atom is 0.337 e. The lowest BCUT2D eigenvalue weighted by molar-refractivity contribution is -0.159. The fourth-order valence-corrected chi connectivity index (χ4v) is 6.12. The van der Waals surface area contributed by atoms with Crippen LogP contribution in [0.2, 0.25) is 0 Å². The van der Waals surface area contributed by atoms with Crippen LogP contribution < -0.4 is 0 Å². The monoisotopic (exact) mass is 426 g/mol. The van der Waals surface area contributed by atoms with E-state index < -0.39 is 75.1 Å². The van der Waals surface area contributed by atoms with Crippen molar-refractivity contribution in [3.63, 3.8) is 0 Å². The van der Waals surface area contributed by atoms with Crippen molar-refractivity contribution in [3.05, 3.63) is 23.3 Å². The molecule has 3 rings (SSSR count). The van der Waals surface area contributed by atoms with Crippen molar-refractivity contribution < 1.29 is 43.8 Å². The number of carboxylic acids is 1. The van der Waals surface area contributed by atoms with Crippen molar-refractivity contribution in [1.29, 1.82) is 0 Å². The number of phenols is 2. The summed E-state index contributed by atoms with van der Waals surface area (Å²) in [5, 5.41) is 39.5. The van der Waals surface area contributed by atoms with Crippen LogP contribution in [-0.4, -0.2) is 65.1 Å². The van der Waals surface area contributed by atoms with Crippen molar-refractivity contribution in [2.24, 2.45) is 5.92 Å². The first kappa shape index (κ1) is 21.3. The average molecular weight is 426 g/mol. The second kappa shape index (κ2) is 7.75. The molecular formula is C19H22O9S. The smallest absolute Gasteiger partial charge is 0.337 e. The highest BCUT2D eigenvalue weighted by Gasteiger charge is 2.60. The summed E-state index contributed by atoms with van der Waals surface area (Å²) in [6, 6.07) is 1.99. The van der Waals surface area contributed by atoms with E-state index in [1.165, 1.54) is 0 Å². The standard InChI is InChI=1S/C19H22O9S/c1-9-3-2-4-13-16(19(26,18(24)25)8-29(13)27)17(23)15-10(6-14(22)28-9)5-11(20)7-12(15)21/h5,7,9,13,16,20-21,26H,2-4,6,8H2,1H3,(H,24,25). The number of esters is 1. The van der Waals surface area contributed by atoms with Gasteiger partial charge in [-0.15, -0.1) is 0 Å². The minimum atomic E-state index is -2.57. The summed E-state index contributed by atoms with van der Waals surface area (Å²) in [5.41, 5.74) is -3.01. The summed E-state index contributed by atoms with van der Waals surface area (Å²) in [5.74, 6) is -6.53. The highest BCUT2D eigenvalue weighted by molar-refractivity contribution is 7.86. The highest BCUT2D eigenvalue weighted by Crippen LogP contribution is 2.41. The largest absolute Gasteiger partial charge is 0.508 e. The lowest BCUT2D eigenvalue weighted by Crippen LogP contribution is -2.50. The van der Waals surface area contributed by atoms with Gasteiger partial charge in [0.2, 0.25) is 0 Å². The average Bonchev–Trinajstić information content (AvgIpc) is 2.84. The number of hydrogen-bond donors (Lipinski definition) is 4.